The number of carbonyl (C=O) groups is 3. The van der Waals surface area contributed by atoms with Gasteiger partial charge in [0.2, 0.25) is 0 Å². The predicted octanol–water partition coefficient (Wildman–Crippen LogP) is 1.61. The van der Waals surface area contributed by atoms with Gasteiger partial charge in [-0.15, -0.1) is 0 Å². The van der Waals surface area contributed by atoms with Crippen LogP contribution in [0.2, 0.25) is 0 Å². The van der Waals surface area contributed by atoms with Gasteiger partial charge >= 0.3 is 5.97 Å². The standard InChI is InChI=1S/C13H12BrNO4/c1-19-13(18)10(14)6-7-15-11(16)8-4-2-3-5-9(8)12(15)17/h2-5,10H,6-7H2,1H3/t10-/m1/s1. The van der Waals surface area contributed by atoms with Crippen molar-refractivity contribution < 1.29 is 19.1 Å². The molecule has 0 fully saturated rings. The summed E-state index contributed by atoms with van der Waals surface area (Å²) in [4.78, 5) is 35.9. The van der Waals surface area contributed by atoms with Crippen LogP contribution < -0.4 is 0 Å². The van der Waals surface area contributed by atoms with Crippen LogP contribution in [0.5, 0.6) is 0 Å². The third-order valence-corrected chi connectivity index (χ3v) is 3.77. The number of hydrogen-bond acceptors (Lipinski definition) is 4. The summed E-state index contributed by atoms with van der Waals surface area (Å²) in [5.74, 6) is -1.05. The molecule has 1 aromatic carbocycles. The van der Waals surface area contributed by atoms with Gasteiger partial charge in [-0.1, -0.05) is 28.1 Å². The second-order valence-electron chi connectivity index (χ2n) is 4.09. The topological polar surface area (TPSA) is 63.7 Å². The lowest BCUT2D eigenvalue weighted by Crippen LogP contribution is -2.33. The van der Waals surface area contributed by atoms with E-state index in [0.717, 1.165) is 4.90 Å². The van der Waals surface area contributed by atoms with Crippen molar-refractivity contribution in [3.05, 3.63) is 35.4 Å². The van der Waals surface area contributed by atoms with E-state index in [0.29, 0.717) is 17.5 Å². The number of methoxy groups -OCH3 is 1. The molecule has 0 N–H and O–H groups in total. The number of alkyl halides is 1. The van der Waals surface area contributed by atoms with Crippen molar-refractivity contribution in [2.75, 3.05) is 13.7 Å². The van der Waals surface area contributed by atoms with E-state index in [4.69, 9.17) is 0 Å². The Hall–Kier alpha value is -1.69. The summed E-state index contributed by atoms with van der Waals surface area (Å²) in [5.41, 5.74) is 0.827. The van der Waals surface area contributed by atoms with Crippen LogP contribution in [0.1, 0.15) is 27.1 Å². The maximum atomic E-state index is 12.0. The minimum atomic E-state index is -0.526. The van der Waals surface area contributed by atoms with Gasteiger partial charge in [0.25, 0.3) is 11.8 Å². The van der Waals surface area contributed by atoms with Crippen LogP contribution in [0.15, 0.2) is 24.3 Å². The van der Waals surface area contributed by atoms with E-state index in [1.165, 1.54) is 7.11 Å². The Morgan fingerprint density at radius 1 is 1.26 bits per heavy atom. The van der Waals surface area contributed by atoms with Gasteiger partial charge in [0.05, 0.1) is 18.2 Å². The molecule has 100 valence electrons. The molecule has 2 amide bonds. The monoisotopic (exact) mass is 325 g/mol. The Balaban J connectivity index is 2.07. The lowest BCUT2D eigenvalue weighted by Gasteiger charge is -2.15. The molecule has 0 bridgehead atoms. The van der Waals surface area contributed by atoms with E-state index in [9.17, 15) is 14.4 Å². The Bertz CT molecular complexity index is 508. The average Bonchev–Trinajstić information content (AvgIpc) is 2.68. The molecule has 0 spiro atoms. The number of carbonyl (C=O) groups excluding carboxylic acids is 3. The van der Waals surface area contributed by atoms with E-state index >= 15 is 0 Å². The molecule has 1 heterocycles. The number of esters is 1. The second-order valence-corrected chi connectivity index (χ2v) is 5.19. The Kier molecular flexibility index (Phi) is 3.99. The predicted molar refractivity (Wildman–Crippen MR) is 71.2 cm³/mol. The third kappa shape index (κ3) is 2.53. The highest BCUT2D eigenvalue weighted by Gasteiger charge is 2.35. The van der Waals surface area contributed by atoms with E-state index in [2.05, 4.69) is 20.7 Å². The molecule has 1 aliphatic heterocycles. The fraction of sp³-hybridized carbons (Fsp3) is 0.308. The number of rotatable bonds is 4. The van der Waals surface area contributed by atoms with Crippen LogP contribution in [-0.2, 0) is 9.53 Å². The first kappa shape index (κ1) is 13.7. The largest absolute Gasteiger partial charge is 0.468 e. The normalized spacial score (nSPS) is 15.4. The molecule has 0 saturated heterocycles. The minimum absolute atomic E-state index is 0.178. The molecular formula is C13H12BrNO4. The van der Waals surface area contributed by atoms with Crippen molar-refractivity contribution >= 4 is 33.7 Å². The SMILES string of the molecule is COC(=O)[C@H](Br)CCN1C(=O)c2ccccc2C1=O. The molecule has 2 rings (SSSR count). The van der Waals surface area contributed by atoms with Crippen molar-refractivity contribution in [1.29, 1.82) is 0 Å². The van der Waals surface area contributed by atoms with Crippen molar-refractivity contribution in [1.82, 2.24) is 4.90 Å². The highest BCUT2D eigenvalue weighted by atomic mass is 79.9. The van der Waals surface area contributed by atoms with Crippen LogP contribution in [0, 0.1) is 0 Å². The molecule has 0 aliphatic carbocycles. The first-order valence-electron chi connectivity index (χ1n) is 5.73. The number of ether oxygens (including phenoxy) is 1. The lowest BCUT2D eigenvalue weighted by atomic mass is 10.1. The summed E-state index contributed by atoms with van der Waals surface area (Å²) in [6.07, 6.45) is 0.318. The van der Waals surface area contributed by atoms with Crippen LogP contribution >= 0.6 is 15.9 Å². The fourth-order valence-electron chi connectivity index (χ4n) is 1.93. The summed E-state index contributed by atoms with van der Waals surface area (Å²) < 4.78 is 4.57. The maximum Gasteiger partial charge on any atom is 0.319 e. The zero-order chi connectivity index (χ0) is 14.0. The van der Waals surface area contributed by atoms with E-state index in [1.807, 2.05) is 0 Å². The van der Waals surface area contributed by atoms with Gasteiger partial charge in [-0.25, -0.2) is 0 Å². The van der Waals surface area contributed by atoms with Gasteiger partial charge in [0.1, 0.15) is 4.83 Å². The third-order valence-electron chi connectivity index (χ3n) is 2.94. The number of fused-ring (bicyclic) bond motifs is 1. The zero-order valence-corrected chi connectivity index (χ0v) is 11.8. The van der Waals surface area contributed by atoms with Gasteiger partial charge < -0.3 is 4.74 Å². The molecule has 0 saturated carbocycles. The number of amides is 2. The van der Waals surface area contributed by atoms with Gasteiger partial charge in [0, 0.05) is 6.54 Å². The van der Waals surface area contributed by atoms with E-state index < -0.39 is 10.8 Å². The number of halogens is 1. The van der Waals surface area contributed by atoms with Crippen molar-refractivity contribution in [3.8, 4) is 0 Å². The second kappa shape index (κ2) is 5.52. The van der Waals surface area contributed by atoms with E-state index in [1.54, 1.807) is 24.3 Å². The number of benzene rings is 1. The minimum Gasteiger partial charge on any atom is -0.468 e. The molecule has 0 unspecified atom stereocenters. The Morgan fingerprint density at radius 3 is 2.26 bits per heavy atom. The van der Waals surface area contributed by atoms with Gasteiger partial charge in [0.15, 0.2) is 0 Å². The van der Waals surface area contributed by atoms with Gasteiger partial charge in [-0.3, -0.25) is 19.3 Å². The molecule has 1 atom stereocenters. The molecule has 1 aromatic rings. The quantitative estimate of drug-likeness (QED) is 0.479. The maximum absolute atomic E-state index is 12.0. The van der Waals surface area contributed by atoms with Crippen molar-refractivity contribution in [2.24, 2.45) is 0 Å². The molecule has 6 heteroatoms. The summed E-state index contributed by atoms with van der Waals surface area (Å²) in [6, 6.07) is 6.69. The molecule has 1 aliphatic rings. The lowest BCUT2D eigenvalue weighted by molar-refractivity contribution is -0.139. The Morgan fingerprint density at radius 2 is 1.79 bits per heavy atom. The number of hydrogen-bond donors (Lipinski definition) is 0. The molecule has 0 radical (unpaired) electrons. The molecular weight excluding hydrogens is 314 g/mol. The summed E-state index contributed by atoms with van der Waals surface area (Å²) >= 11 is 3.16. The smallest absolute Gasteiger partial charge is 0.319 e. The van der Waals surface area contributed by atoms with Gasteiger partial charge in [-0.2, -0.15) is 0 Å². The fourth-order valence-corrected chi connectivity index (χ4v) is 2.32. The number of imide groups is 1. The summed E-state index contributed by atoms with van der Waals surface area (Å²) in [7, 11) is 1.29. The summed E-state index contributed by atoms with van der Waals surface area (Å²) in [6.45, 7) is 0.178. The van der Waals surface area contributed by atoms with Gasteiger partial charge in [-0.05, 0) is 18.6 Å². The van der Waals surface area contributed by atoms with E-state index in [-0.39, 0.29) is 18.4 Å². The zero-order valence-electron chi connectivity index (χ0n) is 10.3. The molecule has 0 aromatic heterocycles. The first-order valence-corrected chi connectivity index (χ1v) is 6.65. The van der Waals surface area contributed by atoms with Crippen molar-refractivity contribution in [3.63, 3.8) is 0 Å². The van der Waals surface area contributed by atoms with Crippen LogP contribution in [0.4, 0.5) is 0 Å². The summed E-state index contributed by atoms with van der Waals surface area (Å²) in [5, 5.41) is 0. The molecule has 5 nitrogen and oxygen atoms in total. The highest BCUT2D eigenvalue weighted by Crippen LogP contribution is 2.23. The molecule has 19 heavy (non-hydrogen) atoms. The van der Waals surface area contributed by atoms with Crippen LogP contribution in [0.3, 0.4) is 0 Å². The van der Waals surface area contributed by atoms with Crippen LogP contribution in [0.25, 0.3) is 0 Å². The van der Waals surface area contributed by atoms with Crippen molar-refractivity contribution in [2.45, 2.75) is 11.2 Å². The highest BCUT2D eigenvalue weighted by molar-refractivity contribution is 9.10. The first-order chi connectivity index (χ1) is 9.06. The average molecular weight is 326 g/mol. The van der Waals surface area contributed by atoms with Crippen LogP contribution in [-0.4, -0.2) is 41.2 Å². The Labute approximate surface area is 118 Å². The number of nitrogens with zero attached hydrogens (tertiary/aromatic N) is 1.